The first-order chi connectivity index (χ1) is 11.8. The first-order valence-corrected chi connectivity index (χ1v) is 10.6. The largest absolute Gasteiger partial charge is 0.353 e. The van der Waals surface area contributed by atoms with Crippen molar-refractivity contribution in [1.29, 1.82) is 0 Å². The van der Waals surface area contributed by atoms with Gasteiger partial charge in [-0.05, 0) is 58.5 Å². The maximum Gasteiger partial charge on any atom is 0.232 e. The molecule has 1 fully saturated rings. The molecule has 1 aromatic carbocycles. The second kappa shape index (κ2) is 8.67. The molecule has 1 N–H and O–H groups in total. The van der Waals surface area contributed by atoms with Crippen molar-refractivity contribution in [3.63, 3.8) is 0 Å². The summed E-state index contributed by atoms with van der Waals surface area (Å²) in [4.78, 5) is 14.4. The van der Waals surface area contributed by atoms with E-state index in [1.165, 1.54) is 10.6 Å². The second-order valence-corrected chi connectivity index (χ2v) is 8.83. The minimum Gasteiger partial charge on any atom is -0.353 e. The van der Waals surface area contributed by atoms with E-state index in [9.17, 15) is 13.2 Å². The van der Waals surface area contributed by atoms with E-state index in [0.29, 0.717) is 25.1 Å². The van der Waals surface area contributed by atoms with Gasteiger partial charge in [0.1, 0.15) is 0 Å². The number of hydrogen-bond donors (Lipinski definition) is 1. The Morgan fingerprint density at radius 1 is 1.24 bits per heavy atom. The van der Waals surface area contributed by atoms with Crippen molar-refractivity contribution >= 4 is 21.6 Å². The Balaban J connectivity index is 1.84. The molecule has 0 unspecified atom stereocenters. The van der Waals surface area contributed by atoms with Crippen LogP contribution in [0.4, 0.5) is 5.69 Å². The normalized spacial score (nSPS) is 16.6. The van der Waals surface area contributed by atoms with Gasteiger partial charge < -0.3 is 10.2 Å². The SMILES string of the molecule is Cc1ccc(N(CCCC(=O)NC2CCN(C)CC2)S(C)(=O)=O)cc1. The third kappa shape index (κ3) is 6.32. The average Bonchev–Trinajstić information content (AvgIpc) is 2.54. The molecule has 1 heterocycles. The van der Waals surface area contributed by atoms with Crippen LogP contribution < -0.4 is 9.62 Å². The highest BCUT2D eigenvalue weighted by molar-refractivity contribution is 7.92. The lowest BCUT2D eigenvalue weighted by molar-refractivity contribution is -0.122. The molecule has 1 saturated heterocycles. The highest BCUT2D eigenvalue weighted by Crippen LogP contribution is 2.19. The van der Waals surface area contributed by atoms with Crippen LogP contribution >= 0.6 is 0 Å². The standard InChI is InChI=1S/C18H29N3O3S/c1-15-6-8-17(9-7-15)21(25(3,23)24)12-4-5-18(22)19-16-10-13-20(2)14-11-16/h6-9,16H,4-5,10-14H2,1-3H3,(H,19,22). The lowest BCUT2D eigenvalue weighted by Crippen LogP contribution is -2.43. The molecule has 0 atom stereocenters. The first kappa shape index (κ1) is 19.7. The van der Waals surface area contributed by atoms with Crippen LogP contribution in [0.5, 0.6) is 0 Å². The van der Waals surface area contributed by atoms with Crippen LogP contribution in [0.25, 0.3) is 0 Å². The van der Waals surface area contributed by atoms with E-state index in [1.54, 1.807) is 12.1 Å². The summed E-state index contributed by atoms with van der Waals surface area (Å²) in [6.45, 7) is 4.27. The van der Waals surface area contributed by atoms with E-state index in [2.05, 4.69) is 17.3 Å². The van der Waals surface area contributed by atoms with E-state index in [4.69, 9.17) is 0 Å². The zero-order valence-electron chi connectivity index (χ0n) is 15.4. The number of likely N-dealkylation sites (tertiary alicyclic amines) is 1. The predicted octanol–water partition coefficient (Wildman–Crippen LogP) is 1.75. The van der Waals surface area contributed by atoms with Crippen LogP contribution in [-0.4, -0.2) is 58.2 Å². The molecule has 0 aliphatic carbocycles. The van der Waals surface area contributed by atoms with Crippen LogP contribution in [-0.2, 0) is 14.8 Å². The third-order valence-corrected chi connectivity index (χ3v) is 5.77. The van der Waals surface area contributed by atoms with Gasteiger partial charge in [0.2, 0.25) is 15.9 Å². The van der Waals surface area contributed by atoms with Crippen LogP contribution in [0.3, 0.4) is 0 Å². The van der Waals surface area contributed by atoms with Crippen LogP contribution in [0.15, 0.2) is 24.3 Å². The fourth-order valence-corrected chi connectivity index (χ4v) is 4.00. The number of aryl methyl sites for hydroxylation is 1. The predicted molar refractivity (Wildman–Crippen MR) is 101 cm³/mol. The molecule has 0 aromatic heterocycles. The second-order valence-electron chi connectivity index (χ2n) is 6.92. The third-order valence-electron chi connectivity index (χ3n) is 4.57. The van der Waals surface area contributed by atoms with Crippen LogP contribution in [0.2, 0.25) is 0 Å². The monoisotopic (exact) mass is 367 g/mol. The van der Waals surface area contributed by atoms with Gasteiger partial charge in [-0.1, -0.05) is 17.7 Å². The summed E-state index contributed by atoms with van der Waals surface area (Å²) < 4.78 is 25.5. The van der Waals surface area contributed by atoms with Crippen molar-refractivity contribution in [3.05, 3.63) is 29.8 Å². The topological polar surface area (TPSA) is 69.7 Å². The summed E-state index contributed by atoms with van der Waals surface area (Å²) in [5.41, 5.74) is 1.72. The minimum atomic E-state index is -3.37. The maximum absolute atomic E-state index is 12.1. The molecular weight excluding hydrogens is 338 g/mol. The van der Waals surface area contributed by atoms with Crippen molar-refractivity contribution in [2.75, 3.05) is 37.2 Å². The van der Waals surface area contributed by atoms with Crippen molar-refractivity contribution in [2.24, 2.45) is 0 Å². The Labute approximate surface area is 151 Å². The van der Waals surface area contributed by atoms with Gasteiger partial charge in [0, 0.05) is 19.0 Å². The summed E-state index contributed by atoms with van der Waals surface area (Å²) in [6, 6.07) is 7.62. The highest BCUT2D eigenvalue weighted by atomic mass is 32.2. The summed E-state index contributed by atoms with van der Waals surface area (Å²) in [6.07, 6.45) is 3.98. The minimum absolute atomic E-state index is 0.00640. The van der Waals surface area contributed by atoms with E-state index in [0.717, 1.165) is 31.5 Å². The molecule has 25 heavy (non-hydrogen) atoms. The molecule has 1 aliphatic rings. The number of piperidine rings is 1. The molecule has 6 nitrogen and oxygen atoms in total. The number of amides is 1. The van der Waals surface area contributed by atoms with Gasteiger partial charge in [-0.25, -0.2) is 8.42 Å². The fourth-order valence-electron chi connectivity index (χ4n) is 3.03. The fraction of sp³-hybridized carbons (Fsp3) is 0.611. The van der Waals surface area contributed by atoms with Gasteiger partial charge in [0.15, 0.2) is 0 Å². The van der Waals surface area contributed by atoms with E-state index < -0.39 is 10.0 Å². The molecule has 0 saturated carbocycles. The van der Waals surface area contributed by atoms with E-state index in [-0.39, 0.29) is 11.9 Å². The smallest absolute Gasteiger partial charge is 0.232 e. The number of carbonyl (C=O) groups is 1. The Bertz CT molecular complexity index is 665. The Hall–Kier alpha value is -1.60. The molecule has 7 heteroatoms. The number of rotatable bonds is 7. The quantitative estimate of drug-likeness (QED) is 0.797. The number of nitrogens with zero attached hydrogens (tertiary/aromatic N) is 2. The lowest BCUT2D eigenvalue weighted by atomic mass is 10.1. The molecule has 1 aliphatic heterocycles. The van der Waals surface area contributed by atoms with Crippen molar-refractivity contribution in [1.82, 2.24) is 10.2 Å². The summed E-state index contributed by atoms with van der Waals surface area (Å²) in [5, 5.41) is 3.07. The van der Waals surface area contributed by atoms with Crippen LogP contribution in [0.1, 0.15) is 31.2 Å². The summed E-state index contributed by atoms with van der Waals surface area (Å²) >= 11 is 0. The molecule has 140 valence electrons. The van der Waals surface area contributed by atoms with Crippen LogP contribution in [0, 0.1) is 6.92 Å². The zero-order valence-corrected chi connectivity index (χ0v) is 16.2. The Kier molecular flexibility index (Phi) is 6.84. The van der Waals surface area contributed by atoms with Gasteiger partial charge >= 0.3 is 0 Å². The maximum atomic E-state index is 12.1. The van der Waals surface area contributed by atoms with Crippen molar-refractivity contribution in [3.8, 4) is 0 Å². The van der Waals surface area contributed by atoms with Crippen molar-refractivity contribution < 1.29 is 13.2 Å². The van der Waals surface area contributed by atoms with Gasteiger partial charge in [-0.3, -0.25) is 9.10 Å². The Morgan fingerprint density at radius 3 is 2.40 bits per heavy atom. The lowest BCUT2D eigenvalue weighted by Gasteiger charge is -2.29. The van der Waals surface area contributed by atoms with E-state index in [1.807, 2.05) is 19.1 Å². The van der Waals surface area contributed by atoms with Gasteiger partial charge in [0.25, 0.3) is 0 Å². The number of anilines is 1. The summed E-state index contributed by atoms with van der Waals surface area (Å²) in [7, 11) is -1.28. The van der Waals surface area contributed by atoms with E-state index >= 15 is 0 Å². The van der Waals surface area contributed by atoms with Gasteiger partial charge in [-0.2, -0.15) is 0 Å². The van der Waals surface area contributed by atoms with Crippen molar-refractivity contribution in [2.45, 2.75) is 38.6 Å². The summed E-state index contributed by atoms with van der Waals surface area (Å²) in [5.74, 6) is 0.00640. The number of nitrogens with one attached hydrogen (secondary N) is 1. The van der Waals surface area contributed by atoms with Gasteiger partial charge in [0.05, 0.1) is 11.9 Å². The molecule has 0 bridgehead atoms. The Morgan fingerprint density at radius 2 is 1.84 bits per heavy atom. The zero-order chi connectivity index (χ0) is 18.4. The molecule has 1 aromatic rings. The highest BCUT2D eigenvalue weighted by Gasteiger charge is 2.20. The number of hydrogen-bond acceptors (Lipinski definition) is 4. The molecule has 0 radical (unpaired) electrons. The molecule has 2 rings (SSSR count). The molecular formula is C18H29N3O3S. The number of benzene rings is 1. The average molecular weight is 368 g/mol. The first-order valence-electron chi connectivity index (χ1n) is 8.78. The number of carbonyl (C=O) groups excluding carboxylic acids is 1. The molecule has 1 amide bonds. The van der Waals surface area contributed by atoms with Gasteiger partial charge in [-0.15, -0.1) is 0 Å². The number of sulfonamides is 1. The molecule has 0 spiro atoms.